The van der Waals surface area contributed by atoms with E-state index >= 15 is 0 Å². The molecule has 1 aromatic carbocycles. The van der Waals surface area contributed by atoms with Gasteiger partial charge in [0, 0.05) is 17.0 Å². The number of aryl methyl sites for hydroxylation is 1. The standard InChI is InChI=1S/C14H15NO2/c1-9-2-5-12-10(8-17-13(12)6-9)7-14(16)15-11-3-4-11/h2,5-6,8,11H,3-4,7H2,1H3,(H,15,16). The van der Waals surface area contributed by atoms with Gasteiger partial charge in [0.05, 0.1) is 12.7 Å². The lowest BCUT2D eigenvalue weighted by atomic mass is 10.1. The van der Waals surface area contributed by atoms with E-state index in [0.717, 1.165) is 29.4 Å². The quantitative estimate of drug-likeness (QED) is 0.878. The second kappa shape index (κ2) is 3.91. The molecule has 1 N–H and O–H groups in total. The first-order valence-electron chi connectivity index (χ1n) is 5.98. The van der Waals surface area contributed by atoms with Crippen LogP contribution in [0.15, 0.2) is 28.9 Å². The molecule has 2 aromatic rings. The van der Waals surface area contributed by atoms with Crippen LogP contribution in [0.25, 0.3) is 11.0 Å². The van der Waals surface area contributed by atoms with Crippen molar-refractivity contribution >= 4 is 16.9 Å². The van der Waals surface area contributed by atoms with Crippen LogP contribution in [-0.2, 0) is 11.2 Å². The van der Waals surface area contributed by atoms with Crippen LogP contribution in [0.3, 0.4) is 0 Å². The van der Waals surface area contributed by atoms with E-state index < -0.39 is 0 Å². The number of furan rings is 1. The maximum Gasteiger partial charge on any atom is 0.224 e. The van der Waals surface area contributed by atoms with E-state index in [1.807, 2.05) is 25.1 Å². The Balaban J connectivity index is 1.82. The largest absolute Gasteiger partial charge is 0.464 e. The minimum atomic E-state index is 0.0933. The molecular formula is C14H15NO2. The second-order valence-electron chi connectivity index (χ2n) is 4.78. The number of amides is 1. The summed E-state index contributed by atoms with van der Waals surface area (Å²) in [5.41, 5.74) is 3.00. The topological polar surface area (TPSA) is 42.2 Å². The molecule has 3 rings (SSSR count). The Hall–Kier alpha value is -1.77. The van der Waals surface area contributed by atoms with Crippen molar-refractivity contribution in [3.05, 3.63) is 35.6 Å². The molecule has 0 saturated heterocycles. The van der Waals surface area contributed by atoms with Gasteiger partial charge in [-0.2, -0.15) is 0 Å². The molecule has 1 heterocycles. The fraction of sp³-hybridized carbons (Fsp3) is 0.357. The molecule has 1 amide bonds. The molecule has 3 heteroatoms. The minimum absolute atomic E-state index is 0.0933. The predicted molar refractivity (Wildman–Crippen MR) is 65.8 cm³/mol. The zero-order valence-corrected chi connectivity index (χ0v) is 9.82. The molecule has 0 spiro atoms. The van der Waals surface area contributed by atoms with Gasteiger partial charge in [0.2, 0.25) is 5.91 Å². The lowest BCUT2D eigenvalue weighted by Crippen LogP contribution is -2.26. The zero-order valence-electron chi connectivity index (χ0n) is 9.82. The SMILES string of the molecule is Cc1ccc2c(CC(=O)NC3CC3)coc2c1. The Kier molecular flexibility index (Phi) is 2.39. The van der Waals surface area contributed by atoms with Gasteiger partial charge in [0.25, 0.3) is 0 Å². The van der Waals surface area contributed by atoms with E-state index in [4.69, 9.17) is 4.42 Å². The summed E-state index contributed by atoms with van der Waals surface area (Å²) in [6.45, 7) is 2.03. The number of nitrogens with one attached hydrogen (secondary N) is 1. The molecule has 0 unspecified atom stereocenters. The molecule has 17 heavy (non-hydrogen) atoms. The van der Waals surface area contributed by atoms with Crippen LogP contribution in [0.1, 0.15) is 24.0 Å². The summed E-state index contributed by atoms with van der Waals surface area (Å²) in [5.74, 6) is 0.0933. The van der Waals surface area contributed by atoms with Crippen LogP contribution >= 0.6 is 0 Å². The van der Waals surface area contributed by atoms with Gasteiger partial charge in [0.1, 0.15) is 5.58 Å². The summed E-state index contributed by atoms with van der Waals surface area (Å²) in [6.07, 6.45) is 4.34. The van der Waals surface area contributed by atoms with Crippen LogP contribution in [0.2, 0.25) is 0 Å². The Morgan fingerprint density at radius 2 is 2.29 bits per heavy atom. The monoisotopic (exact) mass is 229 g/mol. The first-order chi connectivity index (χ1) is 8.22. The van der Waals surface area contributed by atoms with E-state index in [-0.39, 0.29) is 5.91 Å². The van der Waals surface area contributed by atoms with Crippen LogP contribution in [0.4, 0.5) is 0 Å². The van der Waals surface area contributed by atoms with Gasteiger partial charge in [0.15, 0.2) is 0 Å². The lowest BCUT2D eigenvalue weighted by molar-refractivity contribution is -0.120. The Labute approximate surface area is 99.8 Å². The third-order valence-electron chi connectivity index (χ3n) is 3.10. The predicted octanol–water partition coefficient (Wildman–Crippen LogP) is 2.56. The third kappa shape index (κ3) is 2.18. The molecule has 1 aliphatic rings. The summed E-state index contributed by atoms with van der Waals surface area (Å²) in [5, 5.41) is 4.03. The highest BCUT2D eigenvalue weighted by Crippen LogP contribution is 2.23. The van der Waals surface area contributed by atoms with Crippen molar-refractivity contribution < 1.29 is 9.21 Å². The smallest absolute Gasteiger partial charge is 0.224 e. The van der Waals surface area contributed by atoms with Gasteiger partial charge in [-0.3, -0.25) is 4.79 Å². The van der Waals surface area contributed by atoms with E-state index in [1.165, 1.54) is 5.56 Å². The summed E-state index contributed by atoms with van der Waals surface area (Å²) >= 11 is 0. The Morgan fingerprint density at radius 1 is 1.47 bits per heavy atom. The Bertz CT molecular complexity index is 567. The average Bonchev–Trinajstić information content (AvgIpc) is 3.01. The maximum atomic E-state index is 11.7. The molecule has 1 fully saturated rings. The summed E-state index contributed by atoms with van der Waals surface area (Å²) in [6, 6.07) is 6.48. The van der Waals surface area contributed by atoms with Gasteiger partial charge in [-0.1, -0.05) is 12.1 Å². The summed E-state index contributed by atoms with van der Waals surface area (Å²) in [4.78, 5) is 11.7. The van der Waals surface area contributed by atoms with Gasteiger partial charge in [-0.25, -0.2) is 0 Å². The molecule has 0 bridgehead atoms. The molecule has 1 saturated carbocycles. The fourth-order valence-electron chi connectivity index (χ4n) is 2.01. The van der Waals surface area contributed by atoms with E-state index in [1.54, 1.807) is 6.26 Å². The minimum Gasteiger partial charge on any atom is -0.464 e. The third-order valence-corrected chi connectivity index (χ3v) is 3.10. The fourth-order valence-corrected chi connectivity index (χ4v) is 2.01. The Morgan fingerprint density at radius 3 is 3.06 bits per heavy atom. The first-order valence-corrected chi connectivity index (χ1v) is 5.98. The van der Waals surface area contributed by atoms with E-state index in [9.17, 15) is 4.79 Å². The molecular weight excluding hydrogens is 214 g/mol. The lowest BCUT2D eigenvalue weighted by Gasteiger charge is -2.01. The number of hydrogen-bond donors (Lipinski definition) is 1. The number of benzene rings is 1. The molecule has 1 aromatic heterocycles. The van der Waals surface area contributed by atoms with Crippen molar-refractivity contribution in [3.63, 3.8) is 0 Å². The molecule has 3 nitrogen and oxygen atoms in total. The van der Waals surface area contributed by atoms with E-state index in [0.29, 0.717) is 12.5 Å². The highest BCUT2D eigenvalue weighted by atomic mass is 16.3. The van der Waals surface area contributed by atoms with Crippen molar-refractivity contribution in [1.82, 2.24) is 5.32 Å². The van der Waals surface area contributed by atoms with Crippen molar-refractivity contribution in [1.29, 1.82) is 0 Å². The van der Waals surface area contributed by atoms with E-state index in [2.05, 4.69) is 5.32 Å². The molecule has 88 valence electrons. The molecule has 0 atom stereocenters. The molecule has 0 aliphatic heterocycles. The van der Waals surface area contributed by atoms with Crippen molar-refractivity contribution in [2.24, 2.45) is 0 Å². The van der Waals surface area contributed by atoms with Crippen LogP contribution < -0.4 is 5.32 Å². The van der Waals surface area contributed by atoms with Crippen LogP contribution in [0, 0.1) is 6.92 Å². The number of fused-ring (bicyclic) bond motifs is 1. The van der Waals surface area contributed by atoms with Crippen molar-refractivity contribution in [3.8, 4) is 0 Å². The summed E-state index contributed by atoms with van der Waals surface area (Å²) < 4.78 is 5.47. The average molecular weight is 229 g/mol. The zero-order chi connectivity index (χ0) is 11.8. The number of hydrogen-bond acceptors (Lipinski definition) is 2. The van der Waals surface area contributed by atoms with Gasteiger partial charge in [-0.15, -0.1) is 0 Å². The highest BCUT2D eigenvalue weighted by Gasteiger charge is 2.23. The van der Waals surface area contributed by atoms with Crippen molar-refractivity contribution in [2.45, 2.75) is 32.2 Å². The number of carbonyl (C=O) groups is 1. The van der Waals surface area contributed by atoms with Gasteiger partial charge < -0.3 is 9.73 Å². The number of carbonyl (C=O) groups excluding carboxylic acids is 1. The maximum absolute atomic E-state index is 11.7. The number of rotatable bonds is 3. The second-order valence-corrected chi connectivity index (χ2v) is 4.78. The highest BCUT2D eigenvalue weighted by molar-refractivity contribution is 5.88. The van der Waals surface area contributed by atoms with Crippen LogP contribution in [-0.4, -0.2) is 11.9 Å². The van der Waals surface area contributed by atoms with Crippen molar-refractivity contribution in [2.75, 3.05) is 0 Å². The van der Waals surface area contributed by atoms with Crippen LogP contribution in [0.5, 0.6) is 0 Å². The molecule has 1 aliphatic carbocycles. The normalized spacial score (nSPS) is 15.1. The van der Waals surface area contributed by atoms with Gasteiger partial charge in [-0.05, 0) is 31.4 Å². The van der Waals surface area contributed by atoms with Gasteiger partial charge >= 0.3 is 0 Å². The summed E-state index contributed by atoms with van der Waals surface area (Å²) in [7, 11) is 0. The molecule has 0 radical (unpaired) electrons. The first kappa shape index (κ1) is 10.4.